The van der Waals surface area contributed by atoms with Crippen LogP contribution in [-0.4, -0.2) is 14.6 Å². The maximum Gasteiger partial charge on any atom is 0.276 e. The second kappa shape index (κ2) is 6.37. The predicted molar refractivity (Wildman–Crippen MR) is 80.2 cm³/mol. The molecule has 0 heterocycles. The third-order valence-corrected chi connectivity index (χ3v) is 4.07. The van der Waals surface area contributed by atoms with E-state index in [1.165, 1.54) is 30.5 Å². The van der Waals surface area contributed by atoms with Crippen molar-refractivity contribution in [2.75, 3.05) is 0 Å². The number of sulfonamides is 1. The van der Waals surface area contributed by atoms with E-state index in [-0.39, 0.29) is 10.5 Å². The third-order valence-electron chi connectivity index (χ3n) is 2.83. The highest BCUT2D eigenvalue weighted by molar-refractivity contribution is 7.89. The second-order valence-corrected chi connectivity index (χ2v) is 6.18. The zero-order valence-electron chi connectivity index (χ0n) is 11.6. The summed E-state index contributed by atoms with van der Waals surface area (Å²) in [6.07, 6.45) is 1.20. The van der Waals surface area contributed by atoms with Gasteiger partial charge in [-0.25, -0.2) is 9.22 Å². The Morgan fingerprint density at radius 2 is 1.91 bits per heavy atom. The molecule has 7 heteroatoms. The lowest BCUT2D eigenvalue weighted by atomic mass is 10.1. The first-order valence-corrected chi connectivity index (χ1v) is 7.72. The fraction of sp³-hybridized carbons (Fsp3) is 0.0667. The SMILES string of the molecule is Cc1ccc(S(=O)(=O)N/N=C\c2ccc(F)c(C#N)c2)cc1. The molecular weight excluding hydrogens is 305 g/mol. The van der Waals surface area contributed by atoms with Crippen LogP contribution in [0.4, 0.5) is 4.39 Å². The van der Waals surface area contributed by atoms with Crippen LogP contribution < -0.4 is 4.83 Å². The van der Waals surface area contributed by atoms with Crippen molar-refractivity contribution in [2.24, 2.45) is 5.10 Å². The van der Waals surface area contributed by atoms with Crippen LogP contribution in [0.2, 0.25) is 0 Å². The van der Waals surface area contributed by atoms with E-state index in [0.717, 1.165) is 11.6 Å². The van der Waals surface area contributed by atoms with Crippen LogP contribution in [0.5, 0.6) is 0 Å². The summed E-state index contributed by atoms with van der Waals surface area (Å²) in [7, 11) is -3.76. The smallest absolute Gasteiger partial charge is 0.206 e. The Hall–Kier alpha value is -2.72. The molecule has 0 atom stereocenters. The Kier molecular flexibility index (Phi) is 4.53. The van der Waals surface area contributed by atoms with E-state index >= 15 is 0 Å². The topological polar surface area (TPSA) is 82.3 Å². The normalized spacial score (nSPS) is 11.3. The number of nitriles is 1. The van der Waals surface area contributed by atoms with E-state index in [4.69, 9.17) is 5.26 Å². The molecule has 5 nitrogen and oxygen atoms in total. The minimum atomic E-state index is -3.76. The summed E-state index contributed by atoms with van der Waals surface area (Å²) in [6, 6.07) is 11.8. The van der Waals surface area contributed by atoms with Crippen molar-refractivity contribution in [2.45, 2.75) is 11.8 Å². The fourth-order valence-corrected chi connectivity index (χ4v) is 2.44. The first-order valence-electron chi connectivity index (χ1n) is 6.23. The monoisotopic (exact) mass is 317 g/mol. The molecule has 0 spiro atoms. The quantitative estimate of drug-likeness (QED) is 0.694. The van der Waals surface area contributed by atoms with Gasteiger partial charge in [0.1, 0.15) is 11.9 Å². The number of halogens is 1. The first kappa shape index (κ1) is 15.7. The van der Waals surface area contributed by atoms with Gasteiger partial charge in [0, 0.05) is 0 Å². The van der Waals surface area contributed by atoms with Crippen molar-refractivity contribution in [3.63, 3.8) is 0 Å². The van der Waals surface area contributed by atoms with E-state index in [2.05, 4.69) is 9.93 Å². The molecule has 0 saturated carbocycles. The highest BCUT2D eigenvalue weighted by atomic mass is 32.2. The summed E-state index contributed by atoms with van der Waals surface area (Å²) in [6.45, 7) is 1.85. The third kappa shape index (κ3) is 3.68. The van der Waals surface area contributed by atoms with Gasteiger partial charge in [-0.2, -0.15) is 18.8 Å². The number of nitrogens with zero attached hydrogens (tertiary/aromatic N) is 2. The van der Waals surface area contributed by atoms with Crippen molar-refractivity contribution in [3.8, 4) is 6.07 Å². The van der Waals surface area contributed by atoms with Gasteiger partial charge in [0.15, 0.2) is 0 Å². The number of nitrogens with one attached hydrogen (secondary N) is 1. The summed E-state index contributed by atoms with van der Waals surface area (Å²) in [5, 5.41) is 12.3. The Morgan fingerprint density at radius 3 is 2.55 bits per heavy atom. The van der Waals surface area contributed by atoms with Gasteiger partial charge in [-0.15, -0.1) is 0 Å². The van der Waals surface area contributed by atoms with Gasteiger partial charge in [-0.3, -0.25) is 0 Å². The van der Waals surface area contributed by atoms with Gasteiger partial charge in [-0.1, -0.05) is 23.8 Å². The standard InChI is InChI=1S/C15H12FN3O2S/c1-11-2-5-14(6-3-11)22(20,21)19-18-10-12-4-7-15(16)13(8-12)9-17/h2-8,10,19H,1H3/b18-10-. The highest BCUT2D eigenvalue weighted by Gasteiger charge is 2.11. The van der Waals surface area contributed by atoms with E-state index < -0.39 is 15.8 Å². The van der Waals surface area contributed by atoms with E-state index in [0.29, 0.717) is 5.56 Å². The summed E-state index contributed by atoms with van der Waals surface area (Å²) in [5.74, 6) is -0.639. The summed E-state index contributed by atoms with van der Waals surface area (Å²) in [4.78, 5) is 2.15. The van der Waals surface area contributed by atoms with Crippen molar-refractivity contribution in [1.29, 1.82) is 5.26 Å². The maximum atomic E-state index is 13.2. The minimum Gasteiger partial charge on any atom is -0.206 e. The number of aryl methyl sites for hydroxylation is 1. The van der Waals surface area contributed by atoms with Crippen molar-refractivity contribution >= 4 is 16.2 Å². The average Bonchev–Trinajstić information content (AvgIpc) is 2.49. The largest absolute Gasteiger partial charge is 0.276 e. The van der Waals surface area contributed by atoms with E-state index in [1.54, 1.807) is 18.2 Å². The van der Waals surface area contributed by atoms with Gasteiger partial charge in [-0.05, 0) is 36.8 Å². The van der Waals surface area contributed by atoms with Gasteiger partial charge in [0.05, 0.1) is 16.7 Å². The first-order chi connectivity index (χ1) is 10.4. The number of hydrogen-bond donors (Lipinski definition) is 1. The molecule has 0 aromatic heterocycles. The number of hydrogen-bond acceptors (Lipinski definition) is 4. The maximum absolute atomic E-state index is 13.2. The van der Waals surface area contributed by atoms with Crippen LogP contribution in [0.1, 0.15) is 16.7 Å². The Balaban J connectivity index is 2.15. The van der Waals surface area contributed by atoms with Gasteiger partial charge in [0.25, 0.3) is 10.0 Å². The second-order valence-electron chi connectivity index (χ2n) is 4.52. The summed E-state index contributed by atoms with van der Waals surface area (Å²) >= 11 is 0. The number of hydrazone groups is 1. The average molecular weight is 317 g/mol. The van der Waals surface area contributed by atoms with Crippen LogP contribution in [-0.2, 0) is 10.0 Å². The number of benzene rings is 2. The lowest BCUT2D eigenvalue weighted by molar-refractivity contribution is 0.584. The summed E-state index contributed by atoms with van der Waals surface area (Å²) < 4.78 is 37.1. The lowest BCUT2D eigenvalue weighted by Crippen LogP contribution is -2.18. The Bertz CT molecular complexity index is 853. The van der Waals surface area contributed by atoms with Crippen molar-refractivity contribution in [1.82, 2.24) is 4.83 Å². The zero-order valence-corrected chi connectivity index (χ0v) is 12.4. The van der Waals surface area contributed by atoms with Gasteiger partial charge in [0.2, 0.25) is 0 Å². The molecule has 22 heavy (non-hydrogen) atoms. The van der Waals surface area contributed by atoms with Crippen LogP contribution in [0.25, 0.3) is 0 Å². The molecular formula is C15H12FN3O2S. The Labute approximate surface area is 127 Å². The zero-order chi connectivity index (χ0) is 16.2. The molecule has 112 valence electrons. The van der Waals surface area contributed by atoms with Gasteiger partial charge < -0.3 is 0 Å². The molecule has 2 rings (SSSR count). The van der Waals surface area contributed by atoms with E-state index in [9.17, 15) is 12.8 Å². The van der Waals surface area contributed by atoms with Gasteiger partial charge >= 0.3 is 0 Å². The molecule has 2 aromatic rings. The lowest BCUT2D eigenvalue weighted by Gasteiger charge is -2.03. The number of rotatable bonds is 4. The molecule has 0 amide bonds. The summed E-state index contributed by atoms with van der Waals surface area (Å²) in [5.41, 5.74) is 1.22. The minimum absolute atomic E-state index is 0.0899. The van der Waals surface area contributed by atoms with Crippen LogP contribution in [0.3, 0.4) is 0 Å². The highest BCUT2D eigenvalue weighted by Crippen LogP contribution is 2.10. The molecule has 2 aromatic carbocycles. The van der Waals surface area contributed by atoms with Crippen molar-refractivity contribution < 1.29 is 12.8 Å². The molecule has 0 saturated heterocycles. The molecule has 0 radical (unpaired) electrons. The molecule has 0 fully saturated rings. The molecule has 0 aliphatic heterocycles. The Morgan fingerprint density at radius 1 is 1.23 bits per heavy atom. The van der Waals surface area contributed by atoms with E-state index in [1.807, 2.05) is 6.92 Å². The van der Waals surface area contributed by atoms with Crippen molar-refractivity contribution in [3.05, 3.63) is 65.0 Å². The molecule has 0 aliphatic rings. The predicted octanol–water partition coefficient (Wildman–Crippen LogP) is 2.32. The van der Waals surface area contributed by atoms with Crippen LogP contribution in [0, 0.1) is 24.1 Å². The molecule has 0 unspecified atom stereocenters. The van der Waals surface area contributed by atoms with Crippen LogP contribution in [0.15, 0.2) is 52.5 Å². The molecule has 0 bridgehead atoms. The molecule has 1 N–H and O–H groups in total. The van der Waals surface area contributed by atoms with Crippen LogP contribution >= 0.6 is 0 Å². The molecule has 0 aliphatic carbocycles. The fourth-order valence-electron chi connectivity index (χ4n) is 1.65.